The number of rotatable bonds is 6. The van der Waals surface area contributed by atoms with Crippen LogP contribution in [0.5, 0.6) is 0 Å². The molecule has 2 rings (SSSR count). The van der Waals surface area contributed by atoms with Crippen LogP contribution in [0.15, 0.2) is 35.2 Å². The van der Waals surface area contributed by atoms with Crippen molar-refractivity contribution in [2.75, 3.05) is 33.8 Å². The highest BCUT2D eigenvalue weighted by molar-refractivity contribution is 8.26. The van der Waals surface area contributed by atoms with Crippen LogP contribution in [-0.2, 0) is 14.3 Å². The molecule has 1 aliphatic heterocycles. The molecule has 23 heavy (non-hydrogen) atoms. The van der Waals surface area contributed by atoms with Crippen molar-refractivity contribution in [1.29, 1.82) is 0 Å². The first-order valence-corrected chi connectivity index (χ1v) is 8.45. The zero-order chi connectivity index (χ0) is 16.8. The van der Waals surface area contributed by atoms with Crippen LogP contribution in [-0.4, -0.2) is 54.9 Å². The van der Waals surface area contributed by atoms with E-state index < -0.39 is 5.97 Å². The number of esters is 1. The van der Waals surface area contributed by atoms with Crippen LogP contribution in [0.1, 0.15) is 5.56 Å². The van der Waals surface area contributed by atoms with Gasteiger partial charge in [0.15, 0.2) is 0 Å². The molecule has 5 nitrogen and oxygen atoms in total. The fourth-order valence-corrected chi connectivity index (χ4v) is 3.14. The van der Waals surface area contributed by atoms with Gasteiger partial charge in [-0.15, -0.1) is 0 Å². The Labute approximate surface area is 145 Å². The Morgan fingerprint density at radius 3 is 2.70 bits per heavy atom. The third-order valence-electron chi connectivity index (χ3n) is 3.12. The number of amides is 1. The number of nitrogens with one attached hydrogen (secondary N) is 1. The zero-order valence-corrected chi connectivity index (χ0v) is 14.7. The Bertz CT molecular complexity index is 629. The van der Waals surface area contributed by atoms with Crippen molar-refractivity contribution in [1.82, 2.24) is 4.90 Å². The Morgan fingerprint density at radius 1 is 1.35 bits per heavy atom. The predicted molar refractivity (Wildman–Crippen MR) is 95.0 cm³/mol. The maximum Gasteiger partial charge on any atom is 0.326 e. The van der Waals surface area contributed by atoms with Gasteiger partial charge in [-0.05, 0) is 11.6 Å². The second kappa shape index (κ2) is 8.24. The smallest absolute Gasteiger partial charge is 0.326 e. The predicted octanol–water partition coefficient (Wildman–Crippen LogP) is 0.576. The van der Waals surface area contributed by atoms with Crippen molar-refractivity contribution in [2.24, 2.45) is 0 Å². The number of thioether (sulfide) groups is 1. The second-order valence-corrected chi connectivity index (χ2v) is 7.03. The lowest BCUT2D eigenvalue weighted by Gasteiger charge is -2.14. The van der Waals surface area contributed by atoms with Gasteiger partial charge in [0.1, 0.15) is 24.0 Å². The summed E-state index contributed by atoms with van der Waals surface area (Å²) in [7, 11) is 3.95. The van der Waals surface area contributed by atoms with Crippen LogP contribution in [0.2, 0.25) is 0 Å². The average molecular weight is 351 g/mol. The fourth-order valence-electron chi connectivity index (χ4n) is 1.88. The van der Waals surface area contributed by atoms with E-state index >= 15 is 0 Å². The highest BCUT2D eigenvalue weighted by Gasteiger charge is 2.33. The van der Waals surface area contributed by atoms with Gasteiger partial charge in [-0.2, -0.15) is 0 Å². The standard InChI is InChI=1S/C16H18N2O3S2/c1-17(2)8-9-21-14(19)11-18-15(20)13(23-16(18)22)10-12-6-4-3-5-7-12/h3-7,10H,8-9,11H2,1-2H3/p+1/b13-10+. The van der Waals surface area contributed by atoms with Gasteiger partial charge in [0.2, 0.25) is 0 Å². The maximum atomic E-state index is 12.4. The summed E-state index contributed by atoms with van der Waals surface area (Å²) >= 11 is 6.40. The molecule has 0 saturated carbocycles. The minimum absolute atomic E-state index is 0.139. The van der Waals surface area contributed by atoms with Crippen molar-refractivity contribution in [3.8, 4) is 0 Å². The van der Waals surface area contributed by atoms with Crippen molar-refractivity contribution < 1.29 is 19.2 Å². The molecule has 1 fully saturated rings. The molecule has 0 atom stereocenters. The van der Waals surface area contributed by atoms with Gasteiger partial charge in [0.25, 0.3) is 5.91 Å². The molecule has 0 unspecified atom stereocenters. The summed E-state index contributed by atoms with van der Waals surface area (Å²) in [4.78, 5) is 27.2. The summed E-state index contributed by atoms with van der Waals surface area (Å²) in [5.41, 5.74) is 0.921. The van der Waals surface area contributed by atoms with Crippen LogP contribution in [0.3, 0.4) is 0 Å². The minimum atomic E-state index is -0.441. The van der Waals surface area contributed by atoms with Crippen LogP contribution < -0.4 is 4.90 Å². The summed E-state index contributed by atoms with van der Waals surface area (Å²) < 4.78 is 5.50. The highest BCUT2D eigenvalue weighted by Crippen LogP contribution is 2.32. The molecule has 0 spiro atoms. The molecule has 1 aromatic rings. The third kappa shape index (κ3) is 5.16. The number of hydrogen-bond donors (Lipinski definition) is 1. The quantitative estimate of drug-likeness (QED) is 0.462. The van der Waals surface area contributed by atoms with Crippen LogP contribution in [0.25, 0.3) is 6.08 Å². The van der Waals surface area contributed by atoms with Crippen molar-refractivity contribution in [3.05, 3.63) is 40.8 Å². The summed E-state index contributed by atoms with van der Waals surface area (Å²) in [6.45, 7) is 0.910. The first-order chi connectivity index (χ1) is 11.0. The largest absolute Gasteiger partial charge is 0.458 e. The first kappa shape index (κ1) is 17.7. The van der Waals surface area contributed by atoms with Crippen LogP contribution in [0.4, 0.5) is 0 Å². The molecule has 0 bridgehead atoms. The molecule has 1 saturated heterocycles. The Morgan fingerprint density at radius 2 is 2.04 bits per heavy atom. The van der Waals surface area contributed by atoms with E-state index in [2.05, 4.69) is 0 Å². The summed E-state index contributed by atoms with van der Waals surface area (Å²) in [5.74, 6) is -0.692. The van der Waals surface area contributed by atoms with Gasteiger partial charge in [0.05, 0.1) is 19.0 Å². The summed E-state index contributed by atoms with van der Waals surface area (Å²) in [6.07, 6.45) is 1.78. The molecule has 0 aliphatic carbocycles. The maximum absolute atomic E-state index is 12.4. The Kier molecular flexibility index (Phi) is 6.32. The molecule has 1 heterocycles. The second-order valence-electron chi connectivity index (χ2n) is 5.36. The molecule has 1 aromatic carbocycles. The van der Waals surface area contributed by atoms with E-state index in [1.807, 2.05) is 44.4 Å². The molecule has 0 radical (unpaired) electrons. The van der Waals surface area contributed by atoms with E-state index in [1.165, 1.54) is 21.6 Å². The lowest BCUT2D eigenvalue weighted by atomic mass is 10.2. The zero-order valence-electron chi connectivity index (χ0n) is 13.1. The Hall–Kier alpha value is -1.70. The molecular weight excluding hydrogens is 332 g/mol. The van der Waals surface area contributed by atoms with Crippen molar-refractivity contribution in [2.45, 2.75) is 0 Å². The highest BCUT2D eigenvalue weighted by atomic mass is 32.2. The molecule has 7 heteroatoms. The molecule has 1 amide bonds. The lowest BCUT2D eigenvalue weighted by Crippen LogP contribution is -3.06. The van der Waals surface area contributed by atoms with Crippen molar-refractivity contribution >= 4 is 46.3 Å². The fraction of sp³-hybridized carbons (Fsp3) is 0.312. The van der Waals surface area contributed by atoms with Crippen molar-refractivity contribution in [3.63, 3.8) is 0 Å². The van der Waals surface area contributed by atoms with E-state index in [0.29, 0.717) is 15.8 Å². The van der Waals surface area contributed by atoms with Gasteiger partial charge in [-0.25, -0.2) is 0 Å². The van der Waals surface area contributed by atoms with E-state index in [4.69, 9.17) is 17.0 Å². The number of hydrogen-bond acceptors (Lipinski definition) is 5. The molecule has 0 aromatic heterocycles. The van der Waals surface area contributed by atoms with Crippen LogP contribution in [0, 0.1) is 0 Å². The monoisotopic (exact) mass is 351 g/mol. The number of ether oxygens (including phenoxy) is 1. The van der Waals surface area contributed by atoms with E-state index in [9.17, 15) is 9.59 Å². The number of benzene rings is 1. The number of quaternary nitrogens is 1. The van der Waals surface area contributed by atoms with Gasteiger partial charge < -0.3 is 9.64 Å². The molecular formula is C16H19N2O3S2+. The SMILES string of the molecule is C[NH+](C)CCOC(=O)CN1C(=O)/C(=C\c2ccccc2)SC1=S. The Balaban J connectivity index is 1.96. The lowest BCUT2D eigenvalue weighted by molar-refractivity contribution is -0.858. The molecule has 122 valence electrons. The normalized spacial score (nSPS) is 16.5. The summed E-state index contributed by atoms with van der Waals surface area (Å²) in [5, 5.41) is 0. The van der Waals surface area contributed by atoms with Crippen LogP contribution >= 0.6 is 24.0 Å². The van der Waals surface area contributed by atoms with Gasteiger partial charge in [0, 0.05) is 0 Å². The van der Waals surface area contributed by atoms with Gasteiger partial charge in [-0.1, -0.05) is 54.3 Å². The average Bonchev–Trinajstić information content (AvgIpc) is 2.75. The van der Waals surface area contributed by atoms with Gasteiger partial charge in [-0.3, -0.25) is 14.5 Å². The van der Waals surface area contributed by atoms with Gasteiger partial charge >= 0.3 is 5.97 Å². The summed E-state index contributed by atoms with van der Waals surface area (Å²) in [6, 6.07) is 9.52. The first-order valence-electron chi connectivity index (χ1n) is 7.22. The third-order valence-corrected chi connectivity index (χ3v) is 4.50. The van der Waals surface area contributed by atoms with E-state index in [-0.39, 0.29) is 12.5 Å². The topological polar surface area (TPSA) is 51.1 Å². The number of thiocarbonyl (C=S) groups is 1. The molecule has 1 N–H and O–H groups in total. The number of carbonyl (C=O) groups is 2. The van der Waals surface area contributed by atoms with E-state index in [1.54, 1.807) is 6.08 Å². The number of likely N-dealkylation sites (N-methyl/N-ethyl adjacent to an activating group) is 1. The van der Waals surface area contributed by atoms with E-state index in [0.717, 1.165) is 12.1 Å². The number of carbonyl (C=O) groups excluding carboxylic acids is 2. The number of nitrogens with zero attached hydrogens (tertiary/aromatic N) is 1. The molecule has 1 aliphatic rings. The minimum Gasteiger partial charge on any atom is -0.458 e.